The summed E-state index contributed by atoms with van der Waals surface area (Å²) in [6.45, 7) is 3.61. The van der Waals surface area contributed by atoms with Gasteiger partial charge in [0.2, 0.25) is 5.91 Å². The van der Waals surface area contributed by atoms with Crippen LogP contribution < -0.4 is 10.1 Å². The maximum absolute atomic E-state index is 11.9. The molecular weight excluding hydrogens is 294 g/mol. The molecular formula is C15H20ClNO4. The van der Waals surface area contributed by atoms with Crippen LogP contribution in [0.2, 0.25) is 5.02 Å². The Labute approximate surface area is 129 Å². The van der Waals surface area contributed by atoms with Gasteiger partial charge in [0.15, 0.2) is 0 Å². The van der Waals surface area contributed by atoms with Gasteiger partial charge in [-0.2, -0.15) is 0 Å². The van der Waals surface area contributed by atoms with Gasteiger partial charge in [-0.1, -0.05) is 30.7 Å². The summed E-state index contributed by atoms with van der Waals surface area (Å²) in [6.07, 6.45) is 0.564. The predicted molar refractivity (Wildman–Crippen MR) is 80.4 cm³/mol. The van der Waals surface area contributed by atoms with Crippen LogP contribution in [-0.4, -0.2) is 31.1 Å². The fourth-order valence-electron chi connectivity index (χ4n) is 1.69. The van der Waals surface area contributed by atoms with E-state index in [-0.39, 0.29) is 18.9 Å². The first kappa shape index (κ1) is 17.3. The fourth-order valence-corrected chi connectivity index (χ4v) is 1.88. The van der Waals surface area contributed by atoms with Crippen molar-refractivity contribution in [3.8, 4) is 5.75 Å². The van der Waals surface area contributed by atoms with Crippen molar-refractivity contribution in [2.45, 2.75) is 32.2 Å². The summed E-state index contributed by atoms with van der Waals surface area (Å²) in [4.78, 5) is 23.5. The Morgan fingerprint density at radius 3 is 2.57 bits per heavy atom. The molecule has 1 N–H and O–H groups in total. The first-order valence-corrected chi connectivity index (χ1v) is 7.07. The van der Waals surface area contributed by atoms with Crippen LogP contribution in [0.1, 0.15) is 26.7 Å². The van der Waals surface area contributed by atoms with Gasteiger partial charge in [-0.25, -0.2) is 4.79 Å². The minimum atomic E-state index is -1.02. The van der Waals surface area contributed by atoms with Gasteiger partial charge >= 0.3 is 5.97 Å². The summed E-state index contributed by atoms with van der Waals surface area (Å²) in [5, 5.41) is 3.16. The third-order valence-electron chi connectivity index (χ3n) is 3.18. The number of halogens is 1. The zero-order valence-corrected chi connectivity index (χ0v) is 13.2. The highest BCUT2D eigenvalue weighted by Crippen LogP contribution is 2.23. The number of methoxy groups -OCH3 is 1. The molecule has 5 nitrogen and oxygen atoms in total. The Hall–Kier alpha value is -1.75. The van der Waals surface area contributed by atoms with Crippen LogP contribution in [-0.2, 0) is 14.3 Å². The molecule has 116 valence electrons. The molecule has 1 atom stereocenters. The maximum atomic E-state index is 11.9. The van der Waals surface area contributed by atoms with Crippen molar-refractivity contribution in [3.05, 3.63) is 29.3 Å². The van der Waals surface area contributed by atoms with E-state index in [9.17, 15) is 9.59 Å². The molecule has 1 aromatic rings. The molecule has 0 unspecified atom stereocenters. The SMILES string of the molecule is CC[C@@](C)(NC(=O)CCOc1ccccc1Cl)C(=O)OC. The van der Waals surface area contributed by atoms with E-state index in [2.05, 4.69) is 5.32 Å². The number of nitrogens with one attached hydrogen (secondary N) is 1. The predicted octanol–water partition coefficient (Wildman–Crippen LogP) is 2.57. The first-order valence-electron chi connectivity index (χ1n) is 6.69. The van der Waals surface area contributed by atoms with E-state index >= 15 is 0 Å². The van der Waals surface area contributed by atoms with Crippen LogP contribution in [0.3, 0.4) is 0 Å². The maximum Gasteiger partial charge on any atom is 0.331 e. The summed E-state index contributed by atoms with van der Waals surface area (Å²) in [5.74, 6) is -0.222. The van der Waals surface area contributed by atoms with Gasteiger partial charge in [-0.3, -0.25) is 4.79 Å². The van der Waals surface area contributed by atoms with Gasteiger partial charge in [0.05, 0.1) is 25.2 Å². The average Bonchev–Trinajstić information content (AvgIpc) is 2.48. The van der Waals surface area contributed by atoms with Crippen LogP contribution in [0, 0.1) is 0 Å². The van der Waals surface area contributed by atoms with Crippen molar-refractivity contribution >= 4 is 23.5 Å². The number of rotatable bonds is 7. The molecule has 0 aromatic heterocycles. The normalized spacial score (nSPS) is 13.1. The number of carbonyl (C=O) groups excluding carboxylic acids is 2. The average molecular weight is 314 g/mol. The van der Waals surface area contributed by atoms with Crippen molar-refractivity contribution in [2.24, 2.45) is 0 Å². The number of benzene rings is 1. The Bertz CT molecular complexity index is 506. The zero-order chi connectivity index (χ0) is 15.9. The van der Waals surface area contributed by atoms with Crippen molar-refractivity contribution in [1.29, 1.82) is 0 Å². The summed E-state index contributed by atoms with van der Waals surface area (Å²) in [6, 6.07) is 7.03. The largest absolute Gasteiger partial charge is 0.491 e. The Morgan fingerprint density at radius 2 is 2.00 bits per heavy atom. The second-order valence-corrected chi connectivity index (χ2v) is 5.16. The molecule has 0 aliphatic carbocycles. The third kappa shape index (κ3) is 4.93. The van der Waals surface area contributed by atoms with Crippen molar-refractivity contribution in [3.63, 3.8) is 0 Å². The molecule has 21 heavy (non-hydrogen) atoms. The Kier molecular flexibility index (Phi) is 6.49. The fraction of sp³-hybridized carbons (Fsp3) is 0.467. The lowest BCUT2D eigenvalue weighted by Gasteiger charge is -2.26. The molecule has 0 aliphatic rings. The lowest BCUT2D eigenvalue weighted by atomic mass is 9.99. The lowest BCUT2D eigenvalue weighted by molar-refractivity contribution is -0.150. The quantitative estimate of drug-likeness (QED) is 0.786. The molecule has 1 rings (SSSR count). The molecule has 0 saturated heterocycles. The van der Waals surface area contributed by atoms with Gasteiger partial charge in [-0.05, 0) is 25.5 Å². The first-order chi connectivity index (χ1) is 9.92. The topological polar surface area (TPSA) is 64.6 Å². The number of ether oxygens (including phenoxy) is 2. The molecule has 0 fully saturated rings. The summed E-state index contributed by atoms with van der Waals surface area (Å²) in [5.41, 5.74) is -1.02. The Morgan fingerprint density at radius 1 is 1.33 bits per heavy atom. The number of carbonyl (C=O) groups is 2. The monoisotopic (exact) mass is 313 g/mol. The van der Waals surface area contributed by atoms with E-state index in [1.54, 1.807) is 38.1 Å². The number of hydrogen-bond acceptors (Lipinski definition) is 4. The van der Waals surface area contributed by atoms with Gasteiger partial charge in [0, 0.05) is 0 Å². The highest BCUT2D eigenvalue weighted by Gasteiger charge is 2.33. The second-order valence-electron chi connectivity index (χ2n) is 4.75. The molecule has 6 heteroatoms. The van der Waals surface area contributed by atoms with Crippen LogP contribution >= 0.6 is 11.6 Å². The Balaban J connectivity index is 2.47. The van der Waals surface area contributed by atoms with Gasteiger partial charge in [0.1, 0.15) is 11.3 Å². The highest BCUT2D eigenvalue weighted by molar-refractivity contribution is 6.32. The number of amides is 1. The van der Waals surface area contributed by atoms with Crippen molar-refractivity contribution < 1.29 is 19.1 Å². The van der Waals surface area contributed by atoms with E-state index in [4.69, 9.17) is 21.1 Å². The zero-order valence-electron chi connectivity index (χ0n) is 12.4. The lowest BCUT2D eigenvalue weighted by Crippen LogP contribution is -2.52. The van der Waals surface area contributed by atoms with Crippen LogP contribution in [0.15, 0.2) is 24.3 Å². The van der Waals surface area contributed by atoms with E-state index in [0.29, 0.717) is 17.2 Å². The van der Waals surface area contributed by atoms with Gasteiger partial charge < -0.3 is 14.8 Å². The van der Waals surface area contributed by atoms with E-state index in [1.165, 1.54) is 7.11 Å². The minimum absolute atomic E-state index is 0.123. The van der Waals surface area contributed by atoms with E-state index in [0.717, 1.165) is 0 Å². The van der Waals surface area contributed by atoms with Crippen molar-refractivity contribution in [2.75, 3.05) is 13.7 Å². The smallest absolute Gasteiger partial charge is 0.331 e. The number of esters is 1. The molecule has 0 aliphatic heterocycles. The van der Waals surface area contributed by atoms with E-state index in [1.807, 2.05) is 0 Å². The van der Waals surface area contributed by atoms with Crippen LogP contribution in [0.25, 0.3) is 0 Å². The number of hydrogen-bond donors (Lipinski definition) is 1. The standard InChI is InChI=1S/C15H20ClNO4/c1-4-15(2,14(19)20-3)17-13(18)9-10-21-12-8-6-5-7-11(12)16/h5-8H,4,9-10H2,1-3H3,(H,17,18)/t15-/m1/s1. The molecule has 1 aromatic carbocycles. The van der Waals surface area contributed by atoms with Crippen LogP contribution in [0.5, 0.6) is 5.75 Å². The summed E-state index contributed by atoms with van der Waals surface area (Å²) >= 11 is 5.94. The molecule has 0 spiro atoms. The molecule has 0 saturated carbocycles. The van der Waals surface area contributed by atoms with Gasteiger partial charge in [0.25, 0.3) is 0 Å². The molecule has 0 radical (unpaired) electrons. The third-order valence-corrected chi connectivity index (χ3v) is 3.49. The minimum Gasteiger partial charge on any atom is -0.491 e. The highest BCUT2D eigenvalue weighted by atomic mass is 35.5. The summed E-state index contributed by atoms with van der Waals surface area (Å²) < 4.78 is 10.1. The second kappa shape index (κ2) is 7.88. The van der Waals surface area contributed by atoms with Gasteiger partial charge in [-0.15, -0.1) is 0 Å². The molecule has 0 bridgehead atoms. The molecule has 0 heterocycles. The molecule has 1 amide bonds. The van der Waals surface area contributed by atoms with Crippen LogP contribution in [0.4, 0.5) is 0 Å². The van der Waals surface area contributed by atoms with E-state index < -0.39 is 11.5 Å². The number of para-hydroxylation sites is 1. The summed E-state index contributed by atoms with van der Waals surface area (Å²) in [7, 11) is 1.29. The van der Waals surface area contributed by atoms with Crippen molar-refractivity contribution in [1.82, 2.24) is 5.32 Å².